The molecule has 1 aliphatic carbocycles. The molecule has 1 atom stereocenters. The molecule has 0 spiro atoms. The lowest BCUT2D eigenvalue weighted by Gasteiger charge is -2.22. The summed E-state index contributed by atoms with van der Waals surface area (Å²) >= 11 is 0. The van der Waals surface area contributed by atoms with E-state index in [0.29, 0.717) is 30.4 Å². The SMILES string of the molecule is COc1ccccc1N1CC(C(=O)N(C)Cc2cc(C3CC3)n[nH]2)CC1=O. The Kier molecular flexibility index (Phi) is 4.59. The van der Waals surface area contributed by atoms with Crippen LogP contribution in [0.2, 0.25) is 0 Å². The van der Waals surface area contributed by atoms with Gasteiger partial charge in [-0.3, -0.25) is 14.7 Å². The fourth-order valence-corrected chi connectivity index (χ4v) is 3.65. The van der Waals surface area contributed by atoms with Crippen LogP contribution < -0.4 is 9.64 Å². The van der Waals surface area contributed by atoms with Crippen LogP contribution in [0.3, 0.4) is 0 Å². The van der Waals surface area contributed by atoms with Crippen molar-refractivity contribution >= 4 is 17.5 Å². The van der Waals surface area contributed by atoms with Crippen LogP contribution in [0, 0.1) is 5.92 Å². The van der Waals surface area contributed by atoms with Gasteiger partial charge in [0, 0.05) is 25.9 Å². The van der Waals surface area contributed by atoms with Crippen molar-refractivity contribution in [3.8, 4) is 5.75 Å². The Balaban J connectivity index is 1.42. The molecule has 1 unspecified atom stereocenters. The molecule has 7 heteroatoms. The Bertz CT molecular complexity index is 858. The van der Waals surface area contributed by atoms with Crippen LogP contribution in [0.4, 0.5) is 5.69 Å². The maximum atomic E-state index is 12.9. The molecule has 2 amide bonds. The monoisotopic (exact) mass is 368 g/mol. The number of anilines is 1. The molecule has 1 aromatic carbocycles. The van der Waals surface area contributed by atoms with Gasteiger partial charge in [0.15, 0.2) is 0 Å². The summed E-state index contributed by atoms with van der Waals surface area (Å²) in [6.07, 6.45) is 2.61. The first-order valence-electron chi connectivity index (χ1n) is 9.29. The maximum Gasteiger partial charge on any atom is 0.228 e. The van der Waals surface area contributed by atoms with Crippen molar-refractivity contribution < 1.29 is 14.3 Å². The van der Waals surface area contributed by atoms with Gasteiger partial charge in [0.05, 0.1) is 36.6 Å². The van der Waals surface area contributed by atoms with E-state index in [0.717, 1.165) is 11.4 Å². The first-order chi connectivity index (χ1) is 13.1. The number of benzene rings is 1. The van der Waals surface area contributed by atoms with E-state index < -0.39 is 0 Å². The van der Waals surface area contributed by atoms with Crippen LogP contribution in [0.15, 0.2) is 30.3 Å². The van der Waals surface area contributed by atoms with Gasteiger partial charge in [-0.2, -0.15) is 5.10 Å². The van der Waals surface area contributed by atoms with E-state index in [-0.39, 0.29) is 24.2 Å². The van der Waals surface area contributed by atoms with E-state index in [4.69, 9.17) is 4.74 Å². The van der Waals surface area contributed by atoms with Crippen molar-refractivity contribution in [2.24, 2.45) is 5.92 Å². The number of carbonyl (C=O) groups excluding carboxylic acids is 2. The third-order valence-corrected chi connectivity index (χ3v) is 5.28. The van der Waals surface area contributed by atoms with Crippen LogP contribution in [0.1, 0.15) is 36.6 Å². The lowest BCUT2D eigenvalue weighted by Crippen LogP contribution is -2.34. The maximum absolute atomic E-state index is 12.9. The lowest BCUT2D eigenvalue weighted by molar-refractivity contribution is -0.135. The first kappa shape index (κ1) is 17.6. The molecule has 4 rings (SSSR count). The van der Waals surface area contributed by atoms with Crippen molar-refractivity contribution in [3.05, 3.63) is 41.7 Å². The average molecular weight is 368 g/mol. The minimum atomic E-state index is -0.349. The molecule has 142 valence electrons. The number of rotatable bonds is 6. The molecule has 1 saturated carbocycles. The molecular weight excluding hydrogens is 344 g/mol. The molecule has 2 fully saturated rings. The van der Waals surface area contributed by atoms with E-state index in [2.05, 4.69) is 10.2 Å². The normalized spacial score (nSPS) is 19.4. The zero-order chi connectivity index (χ0) is 19.0. The summed E-state index contributed by atoms with van der Waals surface area (Å²) in [6.45, 7) is 0.844. The van der Waals surface area contributed by atoms with Crippen LogP contribution in [0.25, 0.3) is 0 Å². The number of methoxy groups -OCH3 is 1. The first-order valence-corrected chi connectivity index (χ1v) is 9.29. The number of nitrogens with one attached hydrogen (secondary N) is 1. The molecule has 7 nitrogen and oxygen atoms in total. The molecule has 27 heavy (non-hydrogen) atoms. The highest BCUT2D eigenvalue weighted by atomic mass is 16.5. The van der Waals surface area contributed by atoms with Gasteiger partial charge in [0.2, 0.25) is 11.8 Å². The van der Waals surface area contributed by atoms with Gasteiger partial charge in [0.25, 0.3) is 0 Å². The predicted molar refractivity (Wildman–Crippen MR) is 100 cm³/mol. The fourth-order valence-electron chi connectivity index (χ4n) is 3.65. The van der Waals surface area contributed by atoms with Crippen LogP contribution >= 0.6 is 0 Å². The predicted octanol–water partition coefficient (Wildman–Crippen LogP) is 2.31. The number of aromatic amines is 1. The minimum Gasteiger partial charge on any atom is -0.495 e. The second kappa shape index (κ2) is 7.06. The molecule has 2 aliphatic rings. The highest BCUT2D eigenvalue weighted by Crippen LogP contribution is 2.39. The van der Waals surface area contributed by atoms with E-state index in [1.54, 1.807) is 24.0 Å². The number of carbonyl (C=O) groups is 2. The molecule has 0 bridgehead atoms. The lowest BCUT2D eigenvalue weighted by atomic mass is 10.1. The summed E-state index contributed by atoms with van der Waals surface area (Å²) in [5, 5.41) is 7.36. The molecule has 2 aromatic rings. The number of hydrogen-bond donors (Lipinski definition) is 1. The van der Waals surface area contributed by atoms with E-state index in [1.807, 2.05) is 30.3 Å². The van der Waals surface area contributed by atoms with Crippen molar-refractivity contribution in [2.45, 2.75) is 31.7 Å². The van der Waals surface area contributed by atoms with Crippen molar-refractivity contribution in [3.63, 3.8) is 0 Å². The van der Waals surface area contributed by atoms with E-state index in [1.165, 1.54) is 12.8 Å². The Hall–Kier alpha value is -2.83. The quantitative estimate of drug-likeness (QED) is 0.849. The average Bonchev–Trinajstić information content (AvgIpc) is 3.31. The number of ether oxygens (including phenoxy) is 1. The topological polar surface area (TPSA) is 78.5 Å². The molecule has 2 heterocycles. The van der Waals surface area contributed by atoms with Gasteiger partial charge in [0.1, 0.15) is 5.75 Å². The number of hydrogen-bond acceptors (Lipinski definition) is 4. The fraction of sp³-hybridized carbons (Fsp3) is 0.450. The smallest absolute Gasteiger partial charge is 0.228 e. The van der Waals surface area contributed by atoms with Gasteiger partial charge in [-0.25, -0.2) is 0 Å². The molecular formula is C20H24N4O3. The summed E-state index contributed by atoms with van der Waals surface area (Å²) in [5.74, 6) is 0.792. The Morgan fingerprint density at radius 2 is 2.15 bits per heavy atom. The Morgan fingerprint density at radius 1 is 1.37 bits per heavy atom. The molecule has 0 radical (unpaired) electrons. The molecule has 1 saturated heterocycles. The molecule has 1 aliphatic heterocycles. The van der Waals surface area contributed by atoms with E-state index in [9.17, 15) is 9.59 Å². The van der Waals surface area contributed by atoms with Crippen LogP contribution in [0.5, 0.6) is 5.75 Å². The van der Waals surface area contributed by atoms with Gasteiger partial charge in [-0.15, -0.1) is 0 Å². The number of para-hydroxylation sites is 2. The van der Waals surface area contributed by atoms with Crippen LogP contribution in [-0.2, 0) is 16.1 Å². The highest BCUT2D eigenvalue weighted by Gasteiger charge is 2.37. The van der Waals surface area contributed by atoms with Gasteiger partial charge in [-0.1, -0.05) is 12.1 Å². The summed E-state index contributed by atoms with van der Waals surface area (Å²) in [7, 11) is 3.35. The van der Waals surface area contributed by atoms with Crippen LogP contribution in [-0.4, -0.2) is 47.6 Å². The summed E-state index contributed by atoms with van der Waals surface area (Å²) in [4.78, 5) is 28.7. The number of aromatic nitrogens is 2. The number of nitrogens with zero attached hydrogens (tertiary/aromatic N) is 3. The van der Waals surface area contributed by atoms with Crippen molar-refractivity contribution in [1.82, 2.24) is 15.1 Å². The summed E-state index contributed by atoms with van der Waals surface area (Å²) in [6, 6.07) is 9.43. The van der Waals surface area contributed by atoms with Gasteiger partial charge >= 0.3 is 0 Å². The second-order valence-electron chi connectivity index (χ2n) is 7.36. The third kappa shape index (κ3) is 3.54. The minimum absolute atomic E-state index is 0.0247. The second-order valence-corrected chi connectivity index (χ2v) is 7.36. The third-order valence-electron chi connectivity index (χ3n) is 5.28. The molecule has 1 N–H and O–H groups in total. The summed E-state index contributed by atoms with van der Waals surface area (Å²) in [5.41, 5.74) is 2.73. The zero-order valence-electron chi connectivity index (χ0n) is 15.6. The summed E-state index contributed by atoms with van der Waals surface area (Å²) < 4.78 is 5.35. The number of amides is 2. The van der Waals surface area contributed by atoms with Crippen molar-refractivity contribution in [2.75, 3.05) is 25.6 Å². The number of H-pyrrole nitrogens is 1. The largest absolute Gasteiger partial charge is 0.495 e. The van der Waals surface area contributed by atoms with Gasteiger partial charge in [-0.05, 0) is 31.0 Å². The standard InChI is InChI=1S/C20H24N4O3/c1-23(12-15-10-16(22-21-15)13-7-8-13)20(26)14-9-19(25)24(11-14)17-5-3-4-6-18(17)27-2/h3-6,10,13-14H,7-9,11-12H2,1-2H3,(H,21,22). The Morgan fingerprint density at radius 3 is 2.89 bits per heavy atom. The van der Waals surface area contributed by atoms with Crippen molar-refractivity contribution in [1.29, 1.82) is 0 Å². The zero-order valence-corrected chi connectivity index (χ0v) is 15.6. The highest BCUT2D eigenvalue weighted by molar-refractivity contribution is 6.01. The molecule has 1 aromatic heterocycles. The Labute approximate surface area is 158 Å². The van der Waals surface area contributed by atoms with E-state index >= 15 is 0 Å². The van der Waals surface area contributed by atoms with Gasteiger partial charge < -0.3 is 14.5 Å².